The fraction of sp³-hybridized carbons (Fsp3) is 0.333. The van der Waals surface area contributed by atoms with Gasteiger partial charge in [-0.25, -0.2) is 0 Å². The molecule has 200 valence electrons. The first-order valence-electron chi connectivity index (χ1n) is 12.9. The number of carbonyl (C=O) groups excluding carboxylic acids is 2. The summed E-state index contributed by atoms with van der Waals surface area (Å²) in [6.45, 7) is 6.72. The van der Waals surface area contributed by atoms with Gasteiger partial charge in [0.2, 0.25) is 0 Å². The van der Waals surface area contributed by atoms with E-state index < -0.39 is 0 Å². The molecule has 0 bridgehead atoms. The Morgan fingerprint density at radius 1 is 0.816 bits per heavy atom. The summed E-state index contributed by atoms with van der Waals surface area (Å²) in [5.74, 6) is 1.72. The van der Waals surface area contributed by atoms with Crippen LogP contribution in [0.15, 0.2) is 66.7 Å². The Morgan fingerprint density at radius 2 is 1.42 bits per heavy atom. The van der Waals surface area contributed by atoms with Crippen LogP contribution in [0.4, 0.5) is 11.4 Å². The zero-order chi connectivity index (χ0) is 27.1. The third-order valence-electron chi connectivity index (χ3n) is 6.68. The van der Waals surface area contributed by atoms with Gasteiger partial charge in [-0.15, -0.1) is 0 Å². The zero-order valence-corrected chi connectivity index (χ0v) is 22.4. The van der Waals surface area contributed by atoms with E-state index in [9.17, 15) is 9.59 Å². The molecule has 8 nitrogen and oxygen atoms in total. The van der Waals surface area contributed by atoms with Crippen molar-refractivity contribution in [1.82, 2.24) is 4.90 Å². The number of benzene rings is 3. The molecule has 4 rings (SSSR count). The van der Waals surface area contributed by atoms with Crippen molar-refractivity contribution >= 4 is 23.2 Å². The predicted molar refractivity (Wildman–Crippen MR) is 149 cm³/mol. The highest BCUT2D eigenvalue weighted by Gasteiger charge is 2.23. The quantitative estimate of drug-likeness (QED) is 0.426. The summed E-state index contributed by atoms with van der Waals surface area (Å²) in [4.78, 5) is 29.8. The Morgan fingerprint density at radius 3 is 1.97 bits per heavy atom. The molecule has 0 radical (unpaired) electrons. The van der Waals surface area contributed by atoms with Crippen molar-refractivity contribution < 1.29 is 23.8 Å². The topological polar surface area (TPSA) is 80.3 Å². The molecule has 1 aliphatic rings. The fourth-order valence-electron chi connectivity index (χ4n) is 4.24. The molecule has 1 heterocycles. The molecule has 0 aromatic heterocycles. The summed E-state index contributed by atoms with van der Waals surface area (Å²) in [5.41, 5.74) is 2.89. The largest absolute Gasteiger partial charge is 0.497 e. The maximum Gasteiger partial charge on any atom is 0.255 e. The monoisotopic (exact) mass is 517 g/mol. The fourth-order valence-corrected chi connectivity index (χ4v) is 4.24. The molecule has 1 aliphatic heterocycles. The standard InChI is InChI=1S/C30H35N3O5/c1-5-21(2)38-26-12-6-22(7-13-26)29(34)31-24-8-10-25(11-9-24)32-14-16-33(17-15-32)30(35)23-18-27(36-3)20-28(19-23)37-4/h6-13,18-21H,5,14-17H2,1-4H3,(H,31,34)/t21-/m0/s1. The lowest BCUT2D eigenvalue weighted by Crippen LogP contribution is -2.48. The highest BCUT2D eigenvalue weighted by Crippen LogP contribution is 2.25. The Balaban J connectivity index is 1.31. The smallest absolute Gasteiger partial charge is 0.255 e. The number of nitrogens with one attached hydrogen (secondary N) is 1. The number of nitrogens with zero attached hydrogens (tertiary/aromatic N) is 2. The van der Waals surface area contributed by atoms with Gasteiger partial charge in [0.05, 0.1) is 20.3 Å². The second-order valence-corrected chi connectivity index (χ2v) is 9.24. The van der Waals surface area contributed by atoms with Gasteiger partial charge in [0, 0.05) is 54.7 Å². The van der Waals surface area contributed by atoms with Crippen molar-refractivity contribution in [3.63, 3.8) is 0 Å². The van der Waals surface area contributed by atoms with Crippen LogP contribution in [0, 0.1) is 0 Å². The lowest BCUT2D eigenvalue weighted by molar-refractivity contribution is 0.0746. The van der Waals surface area contributed by atoms with E-state index in [0.29, 0.717) is 48.8 Å². The number of anilines is 2. The van der Waals surface area contributed by atoms with E-state index >= 15 is 0 Å². The third kappa shape index (κ3) is 6.56. The number of hydrogen-bond donors (Lipinski definition) is 1. The van der Waals surface area contributed by atoms with E-state index in [0.717, 1.165) is 23.5 Å². The van der Waals surface area contributed by atoms with E-state index in [4.69, 9.17) is 14.2 Å². The Hall–Kier alpha value is -4.20. The second-order valence-electron chi connectivity index (χ2n) is 9.24. The van der Waals surface area contributed by atoms with Gasteiger partial charge in [-0.05, 0) is 74.0 Å². The first-order chi connectivity index (χ1) is 18.4. The maximum absolute atomic E-state index is 13.1. The number of carbonyl (C=O) groups is 2. The number of hydrogen-bond acceptors (Lipinski definition) is 6. The summed E-state index contributed by atoms with van der Waals surface area (Å²) in [6, 6.07) is 20.2. The molecular formula is C30H35N3O5. The third-order valence-corrected chi connectivity index (χ3v) is 6.68. The summed E-state index contributed by atoms with van der Waals surface area (Å²) >= 11 is 0. The molecule has 0 spiro atoms. The molecule has 3 aromatic rings. The second kappa shape index (κ2) is 12.4. The SMILES string of the molecule is CC[C@H](C)Oc1ccc(C(=O)Nc2ccc(N3CCN(C(=O)c4cc(OC)cc(OC)c4)CC3)cc2)cc1. The van der Waals surface area contributed by atoms with Crippen molar-refractivity contribution in [3.05, 3.63) is 77.9 Å². The van der Waals surface area contributed by atoms with E-state index in [1.807, 2.05) is 48.2 Å². The van der Waals surface area contributed by atoms with Gasteiger partial charge in [-0.1, -0.05) is 6.92 Å². The van der Waals surface area contributed by atoms with Crippen LogP contribution in [0.3, 0.4) is 0 Å². The highest BCUT2D eigenvalue weighted by atomic mass is 16.5. The molecule has 1 N–H and O–H groups in total. The first-order valence-corrected chi connectivity index (χ1v) is 12.9. The van der Waals surface area contributed by atoms with Gasteiger partial charge in [0.15, 0.2) is 0 Å². The number of amides is 2. The van der Waals surface area contributed by atoms with Gasteiger partial charge in [0.1, 0.15) is 17.2 Å². The number of piperazine rings is 1. The Labute approximate surface area is 224 Å². The molecule has 1 saturated heterocycles. The average molecular weight is 518 g/mol. The van der Waals surface area contributed by atoms with Crippen molar-refractivity contribution in [1.29, 1.82) is 0 Å². The van der Waals surface area contributed by atoms with Crippen LogP contribution in [0.25, 0.3) is 0 Å². The molecule has 0 saturated carbocycles. The van der Waals surface area contributed by atoms with Crippen LogP contribution in [-0.2, 0) is 0 Å². The Kier molecular flexibility index (Phi) is 8.73. The van der Waals surface area contributed by atoms with Gasteiger partial charge >= 0.3 is 0 Å². The van der Waals surface area contributed by atoms with E-state index in [-0.39, 0.29) is 17.9 Å². The van der Waals surface area contributed by atoms with Crippen LogP contribution in [0.2, 0.25) is 0 Å². The van der Waals surface area contributed by atoms with Crippen LogP contribution in [-0.4, -0.2) is 63.2 Å². The molecule has 1 atom stereocenters. The average Bonchev–Trinajstić information content (AvgIpc) is 2.97. The lowest BCUT2D eigenvalue weighted by atomic mass is 10.1. The van der Waals surface area contributed by atoms with E-state index in [2.05, 4.69) is 17.1 Å². The van der Waals surface area contributed by atoms with Gasteiger partial charge < -0.3 is 29.3 Å². The van der Waals surface area contributed by atoms with Gasteiger partial charge in [0.25, 0.3) is 11.8 Å². The van der Waals surface area contributed by atoms with Gasteiger partial charge in [-0.3, -0.25) is 9.59 Å². The van der Waals surface area contributed by atoms with Crippen LogP contribution in [0.5, 0.6) is 17.2 Å². The van der Waals surface area contributed by atoms with Crippen LogP contribution >= 0.6 is 0 Å². The highest BCUT2D eigenvalue weighted by molar-refractivity contribution is 6.04. The number of rotatable bonds is 9. The summed E-state index contributed by atoms with van der Waals surface area (Å²) in [6.07, 6.45) is 1.05. The predicted octanol–water partition coefficient (Wildman–Crippen LogP) is 5.10. The lowest BCUT2D eigenvalue weighted by Gasteiger charge is -2.36. The normalized spacial score (nSPS) is 14.0. The van der Waals surface area contributed by atoms with Crippen molar-refractivity contribution in [2.24, 2.45) is 0 Å². The molecule has 3 aromatic carbocycles. The van der Waals surface area contributed by atoms with Crippen molar-refractivity contribution in [2.75, 3.05) is 50.6 Å². The maximum atomic E-state index is 13.1. The molecule has 2 amide bonds. The molecule has 0 unspecified atom stereocenters. The first kappa shape index (κ1) is 26.9. The summed E-state index contributed by atoms with van der Waals surface area (Å²) < 4.78 is 16.4. The van der Waals surface area contributed by atoms with Gasteiger partial charge in [-0.2, -0.15) is 0 Å². The molecule has 1 fully saturated rings. The van der Waals surface area contributed by atoms with Crippen molar-refractivity contribution in [3.8, 4) is 17.2 Å². The zero-order valence-electron chi connectivity index (χ0n) is 22.4. The number of ether oxygens (including phenoxy) is 3. The minimum atomic E-state index is -0.172. The van der Waals surface area contributed by atoms with Crippen LogP contribution < -0.4 is 24.4 Å². The van der Waals surface area contributed by atoms with E-state index in [1.165, 1.54) is 0 Å². The molecule has 8 heteroatoms. The number of methoxy groups -OCH3 is 2. The Bertz CT molecular complexity index is 1210. The van der Waals surface area contributed by atoms with E-state index in [1.54, 1.807) is 44.6 Å². The minimum Gasteiger partial charge on any atom is -0.497 e. The summed E-state index contributed by atoms with van der Waals surface area (Å²) in [7, 11) is 3.14. The molecule has 0 aliphatic carbocycles. The minimum absolute atomic E-state index is 0.0422. The molecule has 38 heavy (non-hydrogen) atoms. The van der Waals surface area contributed by atoms with Crippen molar-refractivity contribution in [2.45, 2.75) is 26.4 Å². The van der Waals surface area contributed by atoms with Crippen LogP contribution in [0.1, 0.15) is 41.0 Å². The molecular weight excluding hydrogens is 482 g/mol. The summed E-state index contributed by atoms with van der Waals surface area (Å²) in [5, 5.41) is 2.95.